The van der Waals surface area contributed by atoms with Gasteiger partial charge in [0.1, 0.15) is 0 Å². The Labute approximate surface area is 67.9 Å². The average molecular weight is 174 g/mol. The van der Waals surface area contributed by atoms with Crippen LogP contribution in [0.25, 0.3) is 0 Å². The summed E-state index contributed by atoms with van der Waals surface area (Å²) in [6, 6.07) is 0.392. The van der Waals surface area contributed by atoms with Gasteiger partial charge < -0.3 is 8.75 Å². The van der Waals surface area contributed by atoms with E-state index in [0.29, 0.717) is 6.01 Å². The van der Waals surface area contributed by atoms with Gasteiger partial charge in [-0.3, -0.25) is 0 Å². The van der Waals surface area contributed by atoms with Crippen molar-refractivity contribution in [1.82, 2.24) is 9.55 Å². The number of rotatable bonds is 2. The van der Waals surface area contributed by atoms with Crippen molar-refractivity contribution in [1.29, 1.82) is 0 Å². The van der Waals surface area contributed by atoms with E-state index < -0.39 is 11.1 Å². The lowest BCUT2D eigenvalue weighted by atomic mass is 10.6. The highest BCUT2D eigenvalue weighted by molar-refractivity contribution is 7.79. The lowest BCUT2D eigenvalue weighted by molar-refractivity contribution is 0.511. The second-order valence-electron chi connectivity index (χ2n) is 2.26. The fourth-order valence-electron chi connectivity index (χ4n) is 0.776. The summed E-state index contributed by atoms with van der Waals surface area (Å²) in [5.74, 6) is 0. The fraction of sp³-hybridized carbons (Fsp3) is 0.500. The Kier molecular flexibility index (Phi) is 2.28. The third-order valence-corrected chi connectivity index (χ3v) is 1.53. The van der Waals surface area contributed by atoms with Gasteiger partial charge >= 0.3 is 6.01 Å². The molecule has 1 unspecified atom stereocenters. The molecule has 0 fully saturated rings. The van der Waals surface area contributed by atoms with Crippen molar-refractivity contribution >= 4 is 11.1 Å². The minimum Gasteiger partial charge on any atom is -0.363 e. The van der Waals surface area contributed by atoms with Crippen LogP contribution in [0.3, 0.4) is 0 Å². The summed E-state index contributed by atoms with van der Waals surface area (Å²) in [5, 5.41) is 0. The van der Waals surface area contributed by atoms with Gasteiger partial charge in [0.05, 0.1) is 5.69 Å². The van der Waals surface area contributed by atoms with Gasteiger partial charge in [-0.1, -0.05) is 0 Å². The summed E-state index contributed by atoms with van der Waals surface area (Å²) >= 11 is -1.30. The lowest BCUT2D eigenvalue weighted by Crippen LogP contribution is -2.01. The van der Waals surface area contributed by atoms with Crippen LogP contribution in [-0.4, -0.2) is 20.0 Å². The summed E-state index contributed by atoms with van der Waals surface area (Å²) in [7, 11) is 1.79. The van der Waals surface area contributed by atoms with E-state index in [9.17, 15) is 4.21 Å². The number of hydrogen-bond donors (Lipinski definition) is 0. The van der Waals surface area contributed by atoms with Crippen LogP contribution in [0, 0.1) is 6.92 Å². The molecule has 0 aliphatic carbocycles. The van der Waals surface area contributed by atoms with Crippen molar-refractivity contribution < 1.29 is 8.39 Å². The van der Waals surface area contributed by atoms with E-state index in [2.05, 4.69) is 4.98 Å². The lowest BCUT2D eigenvalue weighted by Gasteiger charge is -1.97. The molecule has 11 heavy (non-hydrogen) atoms. The van der Waals surface area contributed by atoms with Gasteiger partial charge in [0.25, 0.3) is 0 Å². The predicted octanol–water partition coefficient (Wildman–Crippen LogP) is 0.401. The van der Waals surface area contributed by atoms with Gasteiger partial charge in [-0.05, 0) is 6.92 Å². The average Bonchev–Trinajstić information content (AvgIpc) is 2.09. The molecule has 1 heterocycles. The minimum atomic E-state index is -1.30. The number of nitrogens with zero attached hydrogens (tertiary/aromatic N) is 2. The summed E-state index contributed by atoms with van der Waals surface area (Å²) in [6.45, 7) is 1.85. The second-order valence-corrected chi connectivity index (χ2v) is 3.23. The standard InChI is InChI=1S/C6H10N2O2S/c1-5-4-8(2)6(7-5)10-11(3)9/h4H,1-3H3. The van der Waals surface area contributed by atoms with E-state index in [0.717, 1.165) is 5.69 Å². The largest absolute Gasteiger partial charge is 0.363 e. The van der Waals surface area contributed by atoms with Crippen LogP contribution in [0.5, 0.6) is 6.01 Å². The van der Waals surface area contributed by atoms with Gasteiger partial charge in [-0.15, -0.1) is 0 Å². The SMILES string of the molecule is Cc1cn(C)c(OS(C)=O)n1. The molecule has 1 aromatic heterocycles. The van der Waals surface area contributed by atoms with Crippen molar-refractivity contribution in [2.45, 2.75) is 6.92 Å². The molecule has 0 aromatic carbocycles. The van der Waals surface area contributed by atoms with E-state index >= 15 is 0 Å². The Morgan fingerprint density at radius 3 is 2.73 bits per heavy atom. The van der Waals surface area contributed by atoms with Crippen LogP contribution in [0.2, 0.25) is 0 Å². The molecule has 1 aromatic rings. The molecule has 0 saturated heterocycles. The van der Waals surface area contributed by atoms with Crippen LogP contribution >= 0.6 is 0 Å². The quantitative estimate of drug-likeness (QED) is 0.652. The summed E-state index contributed by atoms with van der Waals surface area (Å²) < 4.78 is 17.2. The summed E-state index contributed by atoms with van der Waals surface area (Å²) in [6.07, 6.45) is 3.27. The molecule has 0 aliphatic rings. The number of aromatic nitrogens is 2. The molecule has 0 saturated carbocycles. The van der Waals surface area contributed by atoms with Crippen molar-refractivity contribution in [2.75, 3.05) is 6.26 Å². The molecular formula is C6H10N2O2S. The van der Waals surface area contributed by atoms with Crippen LogP contribution in [0.15, 0.2) is 6.20 Å². The Balaban J connectivity index is 2.85. The Morgan fingerprint density at radius 2 is 2.36 bits per heavy atom. The van der Waals surface area contributed by atoms with Gasteiger partial charge in [0, 0.05) is 19.5 Å². The van der Waals surface area contributed by atoms with Crippen molar-refractivity contribution in [3.8, 4) is 6.01 Å². The Hall–Kier alpha value is -0.840. The maximum atomic E-state index is 10.6. The first kappa shape index (κ1) is 8.26. The monoisotopic (exact) mass is 174 g/mol. The molecular weight excluding hydrogens is 164 g/mol. The molecule has 0 N–H and O–H groups in total. The van der Waals surface area contributed by atoms with Gasteiger partial charge in [0.2, 0.25) is 11.1 Å². The van der Waals surface area contributed by atoms with Crippen LogP contribution in [0.4, 0.5) is 0 Å². The van der Waals surface area contributed by atoms with E-state index in [-0.39, 0.29) is 0 Å². The third-order valence-electron chi connectivity index (χ3n) is 1.15. The zero-order valence-electron chi connectivity index (χ0n) is 6.70. The number of aryl methyl sites for hydroxylation is 2. The molecule has 0 spiro atoms. The highest BCUT2D eigenvalue weighted by Crippen LogP contribution is 2.08. The first-order chi connectivity index (χ1) is 5.09. The molecule has 4 nitrogen and oxygen atoms in total. The van der Waals surface area contributed by atoms with Crippen molar-refractivity contribution in [2.24, 2.45) is 7.05 Å². The topological polar surface area (TPSA) is 44.1 Å². The molecule has 1 atom stereocenters. The smallest absolute Gasteiger partial charge is 0.311 e. The van der Waals surface area contributed by atoms with Crippen LogP contribution < -0.4 is 4.18 Å². The van der Waals surface area contributed by atoms with Crippen LogP contribution in [-0.2, 0) is 18.1 Å². The normalized spacial score (nSPS) is 13.0. The van der Waals surface area contributed by atoms with Gasteiger partial charge in [-0.2, -0.15) is 4.98 Å². The van der Waals surface area contributed by atoms with Crippen LogP contribution in [0.1, 0.15) is 5.69 Å². The first-order valence-electron chi connectivity index (χ1n) is 3.11. The van der Waals surface area contributed by atoms with E-state index in [1.54, 1.807) is 11.6 Å². The predicted molar refractivity (Wildman–Crippen MR) is 42.6 cm³/mol. The fourth-order valence-corrected chi connectivity index (χ4v) is 1.14. The van der Waals surface area contributed by atoms with Gasteiger partial charge in [0.15, 0.2) is 0 Å². The second kappa shape index (κ2) is 3.04. The minimum absolute atomic E-state index is 0.392. The Morgan fingerprint density at radius 1 is 1.73 bits per heavy atom. The highest BCUT2D eigenvalue weighted by Gasteiger charge is 2.03. The molecule has 0 aliphatic heterocycles. The van der Waals surface area contributed by atoms with E-state index in [1.807, 2.05) is 13.1 Å². The Bertz CT molecular complexity index is 282. The zero-order valence-corrected chi connectivity index (χ0v) is 7.51. The maximum Gasteiger partial charge on any atom is 0.311 e. The maximum absolute atomic E-state index is 10.6. The summed E-state index contributed by atoms with van der Waals surface area (Å²) in [4.78, 5) is 4.00. The molecule has 0 amide bonds. The third kappa shape index (κ3) is 2.04. The van der Waals surface area contributed by atoms with E-state index in [1.165, 1.54) is 6.26 Å². The summed E-state index contributed by atoms with van der Waals surface area (Å²) in [5.41, 5.74) is 0.855. The van der Waals surface area contributed by atoms with Gasteiger partial charge in [-0.25, -0.2) is 4.21 Å². The number of imidazole rings is 1. The van der Waals surface area contributed by atoms with Crippen molar-refractivity contribution in [3.63, 3.8) is 0 Å². The molecule has 0 radical (unpaired) electrons. The molecule has 1 rings (SSSR count). The van der Waals surface area contributed by atoms with E-state index in [4.69, 9.17) is 4.18 Å². The molecule has 62 valence electrons. The number of hydrogen-bond acceptors (Lipinski definition) is 3. The molecule has 0 bridgehead atoms. The zero-order chi connectivity index (χ0) is 8.43. The molecule has 5 heteroatoms. The highest BCUT2D eigenvalue weighted by atomic mass is 32.2. The first-order valence-corrected chi connectivity index (χ1v) is 4.59. The van der Waals surface area contributed by atoms with Crippen molar-refractivity contribution in [3.05, 3.63) is 11.9 Å².